The van der Waals surface area contributed by atoms with E-state index in [9.17, 15) is 0 Å². The quantitative estimate of drug-likeness (QED) is 0.714. The lowest BCUT2D eigenvalue weighted by atomic mass is 10.1. The van der Waals surface area contributed by atoms with Crippen molar-refractivity contribution in [2.24, 2.45) is 0 Å². The van der Waals surface area contributed by atoms with Crippen LogP contribution < -0.4 is 10.2 Å². The van der Waals surface area contributed by atoms with Crippen molar-refractivity contribution in [3.63, 3.8) is 0 Å². The second-order valence-corrected chi connectivity index (χ2v) is 5.72. The van der Waals surface area contributed by atoms with E-state index in [1.807, 2.05) is 0 Å². The molecule has 1 aromatic carbocycles. The summed E-state index contributed by atoms with van der Waals surface area (Å²) in [6.45, 7) is 14.4. The molecular weight excluding hydrogens is 244 g/mol. The Hall–Kier alpha value is -1.02. The summed E-state index contributed by atoms with van der Waals surface area (Å²) in [4.78, 5) is 2.59. The van der Waals surface area contributed by atoms with Gasteiger partial charge < -0.3 is 10.2 Å². The van der Waals surface area contributed by atoms with Gasteiger partial charge in [-0.05, 0) is 44.9 Å². The molecule has 0 aliphatic rings. The van der Waals surface area contributed by atoms with Crippen molar-refractivity contribution >= 4 is 5.69 Å². The molecule has 2 nitrogen and oxygen atoms in total. The van der Waals surface area contributed by atoms with Crippen molar-refractivity contribution in [3.8, 4) is 0 Å². The first-order chi connectivity index (χ1) is 9.63. The third-order valence-corrected chi connectivity index (χ3v) is 3.99. The van der Waals surface area contributed by atoms with E-state index in [-0.39, 0.29) is 0 Å². The van der Waals surface area contributed by atoms with Gasteiger partial charge in [-0.2, -0.15) is 0 Å². The summed E-state index contributed by atoms with van der Waals surface area (Å²) < 4.78 is 0. The van der Waals surface area contributed by atoms with Gasteiger partial charge in [-0.15, -0.1) is 0 Å². The normalized spacial score (nSPS) is 12.4. The van der Waals surface area contributed by atoms with Crippen LogP contribution in [0.4, 0.5) is 5.69 Å². The molecule has 1 aromatic rings. The Morgan fingerprint density at radius 1 is 1.20 bits per heavy atom. The van der Waals surface area contributed by atoms with Gasteiger partial charge in [0.25, 0.3) is 0 Å². The predicted octanol–water partition coefficient (Wildman–Crippen LogP) is 4.51. The maximum atomic E-state index is 3.47. The lowest BCUT2D eigenvalue weighted by molar-refractivity contribution is 0.591. The topological polar surface area (TPSA) is 15.3 Å². The van der Waals surface area contributed by atoms with Gasteiger partial charge in [-0.25, -0.2) is 0 Å². The standard InChI is InChI=1S/C18H32N2/c1-6-9-12-20(16(5)7-2)18-11-10-15(4)13-17(18)14-19-8-3/h10-11,13,16,19H,6-9,12,14H2,1-5H3. The van der Waals surface area contributed by atoms with E-state index in [0.717, 1.165) is 19.6 Å². The molecule has 0 radical (unpaired) electrons. The molecule has 2 heteroatoms. The van der Waals surface area contributed by atoms with E-state index < -0.39 is 0 Å². The summed E-state index contributed by atoms with van der Waals surface area (Å²) in [5, 5.41) is 3.47. The van der Waals surface area contributed by atoms with Gasteiger partial charge in [0.1, 0.15) is 0 Å². The number of benzene rings is 1. The van der Waals surface area contributed by atoms with Gasteiger partial charge in [0.05, 0.1) is 0 Å². The van der Waals surface area contributed by atoms with Crippen LogP contribution in [0.2, 0.25) is 0 Å². The van der Waals surface area contributed by atoms with Crippen LogP contribution in [-0.2, 0) is 6.54 Å². The molecule has 0 saturated carbocycles. The van der Waals surface area contributed by atoms with Crippen LogP contribution in [0.1, 0.15) is 58.1 Å². The molecule has 1 unspecified atom stereocenters. The first-order valence-corrected chi connectivity index (χ1v) is 8.20. The van der Waals surface area contributed by atoms with E-state index in [1.165, 1.54) is 36.1 Å². The van der Waals surface area contributed by atoms with Crippen molar-refractivity contribution in [2.45, 2.75) is 66.5 Å². The third kappa shape index (κ3) is 4.82. The molecule has 0 spiro atoms. The van der Waals surface area contributed by atoms with Crippen molar-refractivity contribution < 1.29 is 0 Å². The van der Waals surface area contributed by atoms with Crippen LogP contribution in [0.15, 0.2) is 18.2 Å². The molecular formula is C18H32N2. The lowest BCUT2D eigenvalue weighted by Gasteiger charge is -2.33. The van der Waals surface area contributed by atoms with Crippen molar-refractivity contribution in [1.29, 1.82) is 0 Å². The van der Waals surface area contributed by atoms with E-state index in [2.05, 4.69) is 63.0 Å². The third-order valence-electron chi connectivity index (χ3n) is 3.99. The zero-order chi connectivity index (χ0) is 15.0. The molecule has 0 heterocycles. The number of aryl methyl sites for hydroxylation is 1. The van der Waals surface area contributed by atoms with Crippen molar-refractivity contribution in [2.75, 3.05) is 18.0 Å². The van der Waals surface area contributed by atoms with Crippen LogP contribution in [-0.4, -0.2) is 19.1 Å². The number of unbranched alkanes of at least 4 members (excludes halogenated alkanes) is 1. The second-order valence-electron chi connectivity index (χ2n) is 5.72. The second kappa shape index (κ2) is 9.02. The largest absolute Gasteiger partial charge is 0.369 e. The van der Waals surface area contributed by atoms with Gasteiger partial charge in [0.15, 0.2) is 0 Å². The molecule has 0 fully saturated rings. The summed E-state index contributed by atoms with van der Waals surface area (Å²) in [6, 6.07) is 7.49. The average molecular weight is 276 g/mol. The Labute approximate surface area is 125 Å². The zero-order valence-corrected chi connectivity index (χ0v) is 14.0. The van der Waals surface area contributed by atoms with Crippen LogP contribution >= 0.6 is 0 Å². The molecule has 0 bridgehead atoms. The lowest BCUT2D eigenvalue weighted by Crippen LogP contribution is -2.34. The van der Waals surface area contributed by atoms with Crippen molar-refractivity contribution in [1.82, 2.24) is 5.32 Å². The Kier molecular flexibility index (Phi) is 7.68. The highest BCUT2D eigenvalue weighted by atomic mass is 15.2. The number of nitrogens with one attached hydrogen (secondary N) is 1. The Bertz CT molecular complexity index is 387. The smallest absolute Gasteiger partial charge is 0.0414 e. The molecule has 1 atom stereocenters. The van der Waals surface area contributed by atoms with E-state index in [0.29, 0.717) is 6.04 Å². The maximum Gasteiger partial charge on any atom is 0.0414 e. The summed E-state index contributed by atoms with van der Waals surface area (Å²) >= 11 is 0. The molecule has 0 saturated heterocycles. The monoisotopic (exact) mass is 276 g/mol. The van der Waals surface area contributed by atoms with Gasteiger partial charge in [0.2, 0.25) is 0 Å². The fraction of sp³-hybridized carbons (Fsp3) is 0.667. The highest BCUT2D eigenvalue weighted by Crippen LogP contribution is 2.25. The number of anilines is 1. The maximum absolute atomic E-state index is 3.47. The molecule has 1 rings (SSSR count). The highest BCUT2D eigenvalue weighted by molar-refractivity contribution is 5.55. The molecule has 0 aromatic heterocycles. The first-order valence-electron chi connectivity index (χ1n) is 8.20. The minimum Gasteiger partial charge on any atom is -0.369 e. The SMILES string of the molecule is CCCCN(c1ccc(C)cc1CNCC)C(C)CC. The van der Waals surface area contributed by atoms with Gasteiger partial charge in [-0.1, -0.05) is 44.9 Å². The van der Waals surface area contributed by atoms with Crippen molar-refractivity contribution in [3.05, 3.63) is 29.3 Å². The molecule has 0 aliphatic heterocycles. The Morgan fingerprint density at radius 2 is 1.95 bits per heavy atom. The molecule has 20 heavy (non-hydrogen) atoms. The van der Waals surface area contributed by atoms with E-state index >= 15 is 0 Å². The number of rotatable bonds is 9. The summed E-state index contributed by atoms with van der Waals surface area (Å²) in [5.74, 6) is 0. The predicted molar refractivity (Wildman–Crippen MR) is 90.6 cm³/mol. The van der Waals surface area contributed by atoms with Gasteiger partial charge in [-0.3, -0.25) is 0 Å². The van der Waals surface area contributed by atoms with Gasteiger partial charge >= 0.3 is 0 Å². The van der Waals surface area contributed by atoms with Crippen LogP contribution in [0.25, 0.3) is 0 Å². The van der Waals surface area contributed by atoms with E-state index in [1.54, 1.807) is 0 Å². The minimum absolute atomic E-state index is 0.602. The first kappa shape index (κ1) is 17.0. The average Bonchev–Trinajstić information content (AvgIpc) is 2.46. The molecule has 114 valence electrons. The Balaban J connectivity index is 3.03. The minimum atomic E-state index is 0.602. The molecule has 1 N–H and O–H groups in total. The van der Waals surface area contributed by atoms with Crippen LogP contribution in [0, 0.1) is 6.92 Å². The fourth-order valence-electron chi connectivity index (χ4n) is 2.52. The molecule has 0 aliphatic carbocycles. The summed E-state index contributed by atoms with van der Waals surface area (Å²) in [6.07, 6.45) is 3.71. The van der Waals surface area contributed by atoms with Gasteiger partial charge in [0, 0.05) is 24.8 Å². The summed E-state index contributed by atoms with van der Waals surface area (Å²) in [7, 11) is 0. The Morgan fingerprint density at radius 3 is 2.55 bits per heavy atom. The number of nitrogens with zero attached hydrogens (tertiary/aromatic N) is 1. The zero-order valence-electron chi connectivity index (χ0n) is 14.0. The fourth-order valence-corrected chi connectivity index (χ4v) is 2.52. The number of hydrogen-bond acceptors (Lipinski definition) is 2. The molecule has 0 amide bonds. The summed E-state index contributed by atoms with van der Waals surface area (Å²) in [5.41, 5.74) is 4.20. The highest BCUT2D eigenvalue weighted by Gasteiger charge is 2.15. The number of hydrogen-bond donors (Lipinski definition) is 1. The van der Waals surface area contributed by atoms with Crippen LogP contribution in [0.3, 0.4) is 0 Å². The van der Waals surface area contributed by atoms with Crippen LogP contribution in [0.5, 0.6) is 0 Å². The van der Waals surface area contributed by atoms with E-state index in [4.69, 9.17) is 0 Å².